The van der Waals surface area contributed by atoms with Crippen LogP contribution in [0.2, 0.25) is 0 Å². The second-order valence-corrected chi connectivity index (χ2v) is 6.43. The van der Waals surface area contributed by atoms with Crippen molar-refractivity contribution in [2.75, 3.05) is 0 Å². The van der Waals surface area contributed by atoms with Gasteiger partial charge in [-0.1, -0.05) is 66.7 Å². The maximum atomic E-state index is 12.5. The highest BCUT2D eigenvalue weighted by Crippen LogP contribution is 2.14. The lowest BCUT2D eigenvalue weighted by molar-refractivity contribution is 0.0382. The zero-order chi connectivity index (χ0) is 19.6. The molecule has 0 spiro atoms. The first-order valence-corrected chi connectivity index (χ1v) is 9.23. The Morgan fingerprint density at radius 3 is 2.21 bits per heavy atom. The first-order valence-electron chi connectivity index (χ1n) is 9.23. The van der Waals surface area contributed by atoms with Gasteiger partial charge in [0.25, 0.3) is 0 Å². The van der Waals surface area contributed by atoms with Gasteiger partial charge in [0.05, 0.1) is 17.2 Å². The zero-order valence-electron chi connectivity index (χ0n) is 15.5. The second-order valence-electron chi connectivity index (χ2n) is 6.43. The van der Waals surface area contributed by atoms with E-state index >= 15 is 0 Å². The van der Waals surface area contributed by atoms with Crippen molar-refractivity contribution in [1.82, 2.24) is 0 Å². The minimum atomic E-state index is -0.344. The molecule has 28 heavy (non-hydrogen) atoms. The second kappa shape index (κ2) is 9.89. The Morgan fingerprint density at radius 1 is 0.929 bits per heavy atom. The van der Waals surface area contributed by atoms with Crippen LogP contribution in [-0.2, 0) is 11.2 Å². The lowest BCUT2D eigenvalue weighted by Gasteiger charge is -2.15. The van der Waals surface area contributed by atoms with E-state index in [9.17, 15) is 4.79 Å². The number of aryl methyl sites for hydroxylation is 1. The molecule has 1 atom stereocenters. The van der Waals surface area contributed by atoms with Gasteiger partial charge in [0.15, 0.2) is 0 Å². The van der Waals surface area contributed by atoms with Crippen molar-refractivity contribution in [3.8, 4) is 6.07 Å². The number of hydrogen-bond acceptors (Lipinski definition) is 3. The summed E-state index contributed by atoms with van der Waals surface area (Å²) in [5.41, 5.74) is 3.34. The van der Waals surface area contributed by atoms with Crippen molar-refractivity contribution >= 4 is 12.0 Å². The first-order chi connectivity index (χ1) is 13.7. The average Bonchev–Trinajstić information content (AvgIpc) is 2.77. The van der Waals surface area contributed by atoms with E-state index in [0.29, 0.717) is 17.5 Å². The molecule has 0 saturated heterocycles. The molecule has 0 radical (unpaired) electrons. The third-order valence-corrected chi connectivity index (χ3v) is 4.37. The molecule has 0 fully saturated rings. The van der Waals surface area contributed by atoms with E-state index in [1.54, 1.807) is 24.3 Å². The van der Waals surface area contributed by atoms with Gasteiger partial charge in [0.2, 0.25) is 0 Å². The summed E-state index contributed by atoms with van der Waals surface area (Å²) in [5.74, 6) is -0.330. The number of carbonyl (C=O) groups excluding carboxylic acids is 1. The van der Waals surface area contributed by atoms with Gasteiger partial charge in [-0.05, 0) is 54.3 Å². The van der Waals surface area contributed by atoms with Crippen molar-refractivity contribution in [1.29, 1.82) is 5.26 Å². The number of nitriles is 1. The molecular weight excluding hydrogens is 346 g/mol. The molecule has 138 valence electrons. The predicted molar refractivity (Wildman–Crippen MR) is 111 cm³/mol. The molecule has 3 nitrogen and oxygen atoms in total. The SMILES string of the molecule is N#Cc1ccc(CC[C@H](/C=C/c2ccccc2)OC(=O)c2ccccc2)cc1. The summed E-state index contributed by atoms with van der Waals surface area (Å²) in [5, 5.41) is 8.92. The summed E-state index contributed by atoms with van der Waals surface area (Å²) < 4.78 is 5.75. The van der Waals surface area contributed by atoms with Gasteiger partial charge in [-0.25, -0.2) is 4.79 Å². The topological polar surface area (TPSA) is 50.1 Å². The molecule has 0 N–H and O–H groups in total. The van der Waals surface area contributed by atoms with Crippen LogP contribution in [0.25, 0.3) is 6.08 Å². The summed E-state index contributed by atoms with van der Waals surface area (Å²) >= 11 is 0. The Bertz CT molecular complexity index is 955. The molecule has 0 aliphatic rings. The molecule has 0 aliphatic carbocycles. The first kappa shape index (κ1) is 19.1. The zero-order valence-corrected chi connectivity index (χ0v) is 15.5. The summed E-state index contributed by atoms with van der Waals surface area (Å²) in [6.07, 6.45) is 4.97. The molecule has 3 aromatic carbocycles. The van der Waals surface area contributed by atoms with Crippen molar-refractivity contribution < 1.29 is 9.53 Å². The highest BCUT2D eigenvalue weighted by atomic mass is 16.5. The third-order valence-electron chi connectivity index (χ3n) is 4.37. The Labute approximate surface area is 165 Å². The number of rotatable bonds is 7. The monoisotopic (exact) mass is 367 g/mol. The molecule has 0 saturated carbocycles. The van der Waals surface area contributed by atoms with Gasteiger partial charge in [-0.3, -0.25) is 0 Å². The van der Waals surface area contributed by atoms with Gasteiger partial charge in [-0.2, -0.15) is 5.26 Å². The van der Waals surface area contributed by atoms with Crippen LogP contribution in [0.1, 0.15) is 33.5 Å². The summed E-state index contributed by atoms with van der Waals surface area (Å²) in [7, 11) is 0. The largest absolute Gasteiger partial charge is 0.455 e. The van der Waals surface area contributed by atoms with Crippen LogP contribution < -0.4 is 0 Å². The molecule has 0 unspecified atom stereocenters. The maximum absolute atomic E-state index is 12.5. The van der Waals surface area contributed by atoms with Crippen LogP contribution in [0.15, 0.2) is 91.0 Å². The average molecular weight is 367 g/mol. The van der Waals surface area contributed by atoms with Gasteiger partial charge in [0.1, 0.15) is 6.10 Å². The normalized spacial score (nSPS) is 11.7. The molecule has 3 heteroatoms. The molecule has 0 amide bonds. The number of carbonyl (C=O) groups is 1. The molecule has 3 rings (SSSR count). The minimum Gasteiger partial charge on any atom is -0.455 e. The van der Waals surface area contributed by atoms with Gasteiger partial charge < -0.3 is 4.74 Å². The fraction of sp³-hybridized carbons (Fsp3) is 0.120. The van der Waals surface area contributed by atoms with E-state index in [0.717, 1.165) is 17.5 Å². The molecule has 0 aromatic heterocycles. The van der Waals surface area contributed by atoms with Crippen molar-refractivity contribution in [2.24, 2.45) is 0 Å². The summed E-state index contributed by atoms with van der Waals surface area (Å²) in [6.45, 7) is 0. The minimum absolute atomic E-state index is 0.330. The van der Waals surface area contributed by atoms with Crippen molar-refractivity contribution in [3.05, 3.63) is 113 Å². The third kappa shape index (κ3) is 5.69. The Hall–Kier alpha value is -3.64. The van der Waals surface area contributed by atoms with Gasteiger partial charge in [-0.15, -0.1) is 0 Å². The van der Waals surface area contributed by atoms with Crippen LogP contribution in [0.3, 0.4) is 0 Å². The van der Waals surface area contributed by atoms with E-state index in [4.69, 9.17) is 10.00 Å². The van der Waals surface area contributed by atoms with E-state index in [1.165, 1.54) is 0 Å². The Balaban J connectivity index is 1.70. The fourth-order valence-corrected chi connectivity index (χ4v) is 2.81. The van der Waals surface area contributed by atoms with Crippen LogP contribution in [0.5, 0.6) is 0 Å². The summed E-state index contributed by atoms with van der Waals surface area (Å²) in [4.78, 5) is 12.5. The summed E-state index contributed by atoms with van der Waals surface area (Å²) in [6, 6.07) is 28.6. The number of benzene rings is 3. The van der Waals surface area contributed by atoms with E-state index in [-0.39, 0.29) is 12.1 Å². The molecule has 0 heterocycles. The number of hydrogen-bond donors (Lipinski definition) is 0. The van der Waals surface area contributed by atoms with E-state index < -0.39 is 0 Å². The Morgan fingerprint density at radius 2 is 1.57 bits per heavy atom. The highest BCUT2D eigenvalue weighted by molar-refractivity contribution is 5.89. The highest BCUT2D eigenvalue weighted by Gasteiger charge is 2.13. The lowest BCUT2D eigenvalue weighted by atomic mass is 10.0. The smallest absolute Gasteiger partial charge is 0.338 e. The fourth-order valence-electron chi connectivity index (χ4n) is 2.81. The standard InChI is InChI=1S/C25H21NO2/c26-19-22-13-11-21(12-14-22)16-18-24(17-15-20-7-3-1-4-8-20)28-25(27)23-9-5-2-6-10-23/h1-15,17,24H,16,18H2/b17-15+/t24-/m0/s1. The number of esters is 1. The van der Waals surface area contributed by atoms with Gasteiger partial charge >= 0.3 is 5.97 Å². The van der Waals surface area contributed by atoms with Crippen LogP contribution in [0, 0.1) is 11.3 Å². The van der Waals surface area contributed by atoms with Crippen LogP contribution in [0.4, 0.5) is 0 Å². The molecule has 0 aliphatic heterocycles. The maximum Gasteiger partial charge on any atom is 0.338 e. The van der Waals surface area contributed by atoms with E-state index in [1.807, 2.05) is 72.8 Å². The van der Waals surface area contributed by atoms with Crippen LogP contribution in [-0.4, -0.2) is 12.1 Å². The van der Waals surface area contributed by atoms with Crippen molar-refractivity contribution in [3.63, 3.8) is 0 Å². The Kier molecular flexibility index (Phi) is 6.76. The quantitative estimate of drug-likeness (QED) is 0.523. The molecular formula is C25H21NO2. The lowest BCUT2D eigenvalue weighted by Crippen LogP contribution is -2.17. The molecule has 0 bridgehead atoms. The van der Waals surface area contributed by atoms with Crippen molar-refractivity contribution in [2.45, 2.75) is 18.9 Å². The van der Waals surface area contributed by atoms with Crippen LogP contribution >= 0.6 is 0 Å². The molecule has 3 aromatic rings. The predicted octanol–water partition coefficient (Wildman–Crippen LogP) is 5.43. The van der Waals surface area contributed by atoms with Gasteiger partial charge in [0, 0.05) is 0 Å². The number of nitrogens with zero attached hydrogens (tertiary/aromatic N) is 1. The van der Waals surface area contributed by atoms with E-state index in [2.05, 4.69) is 6.07 Å². The number of ether oxygens (including phenoxy) is 1.